The number of cyclic esters (lactones) is 1. The second-order valence-electron chi connectivity index (χ2n) is 5.11. The van der Waals surface area contributed by atoms with E-state index in [0.29, 0.717) is 13.2 Å². The molecule has 1 N–H and O–H groups in total. The zero-order valence-corrected chi connectivity index (χ0v) is 12.6. The molecule has 21 heavy (non-hydrogen) atoms. The van der Waals surface area contributed by atoms with E-state index in [1.54, 1.807) is 0 Å². The Morgan fingerprint density at radius 3 is 2.67 bits per heavy atom. The lowest BCUT2D eigenvalue weighted by Gasteiger charge is -2.32. The van der Waals surface area contributed by atoms with Crippen molar-refractivity contribution in [1.82, 2.24) is 4.90 Å². The quantitative estimate of drug-likeness (QED) is 0.841. The van der Waals surface area contributed by atoms with Crippen molar-refractivity contribution in [2.24, 2.45) is 0 Å². The first-order valence-electron chi connectivity index (χ1n) is 7.43. The van der Waals surface area contributed by atoms with Crippen molar-refractivity contribution in [2.75, 3.05) is 25.0 Å². The lowest BCUT2D eigenvalue weighted by atomic mass is 10.1. The molecule has 1 saturated heterocycles. The van der Waals surface area contributed by atoms with Crippen molar-refractivity contribution < 1.29 is 14.3 Å². The number of hydrogen-bond donors (Lipinski definition) is 1. The largest absolute Gasteiger partial charge is 0.463 e. The molecule has 1 aromatic carbocycles. The van der Waals surface area contributed by atoms with Gasteiger partial charge in [-0.25, -0.2) is 0 Å². The van der Waals surface area contributed by atoms with Gasteiger partial charge in [-0.1, -0.05) is 26.0 Å². The van der Waals surface area contributed by atoms with Crippen LogP contribution in [-0.4, -0.2) is 42.5 Å². The van der Waals surface area contributed by atoms with Crippen molar-refractivity contribution in [3.63, 3.8) is 0 Å². The molecule has 2 rings (SSSR count). The van der Waals surface area contributed by atoms with Crippen LogP contribution in [0.4, 0.5) is 5.69 Å². The predicted octanol–water partition coefficient (Wildman–Crippen LogP) is 1.82. The topological polar surface area (TPSA) is 58.6 Å². The van der Waals surface area contributed by atoms with Gasteiger partial charge in [0.05, 0.1) is 6.42 Å². The summed E-state index contributed by atoms with van der Waals surface area (Å²) in [6, 6.07) is 7.27. The second kappa shape index (κ2) is 7.22. The molecule has 0 aliphatic carbocycles. The van der Waals surface area contributed by atoms with Gasteiger partial charge in [0.2, 0.25) is 5.91 Å². The van der Waals surface area contributed by atoms with E-state index in [2.05, 4.69) is 12.2 Å². The molecule has 0 bridgehead atoms. The summed E-state index contributed by atoms with van der Waals surface area (Å²) in [5.74, 6) is -0.471. The van der Waals surface area contributed by atoms with Gasteiger partial charge in [0, 0.05) is 12.2 Å². The Hall–Kier alpha value is -1.88. The fourth-order valence-corrected chi connectivity index (χ4v) is 2.47. The highest BCUT2D eigenvalue weighted by Gasteiger charge is 2.32. The van der Waals surface area contributed by atoms with E-state index in [-0.39, 0.29) is 18.3 Å². The first kappa shape index (κ1) is 15.5. The number of carbonyl (C=O) groups excluding carboxylic acids is 2. The maximum Gasteiger partial charge on any atom is 0.323 e. The average Bonchev–Trinajstić information content (AvgIpc) is 2.50. The molecule has 0 aromatic heterocycles. The van der Waals surface area contributed by atoms with Crippen LogP contribution >= 0.6 is 0 Å². The third-order valence-electron chi connectivity index (χ3n) is 3.77. The minimum absolute atomic E-state index is 0.127. The number of carbonyl (C=O) groups is 2. The summed E-state index contributed by atoms with van der Waals surface area (Å²) >= 11 is 0. The van der Waals surface area contributed by atoms with E-state index >= 15 is 0 Å². The summed E-state index contributed by atoms with van der Waals surface area (Å²) < 4.78 is 5.04. The minimum Gasteiger partial charge on any atom is -0.463 e. The van der Waals surface area contributed by atoms with Crippen LogP contribution < -0.4 is 5.32 Å². The first-order valence-corrected chi connectivity index (χ1v) is 7.43. The van der Waals surface area contributed by atoms with Crippen molar-refractivity contribution >= 4 is 17.6 Å². The number of nitrogens with one attached hydrogen (secondary N) is 1. The molecular formula is C16H22N2O3. The fourth-order valence-electron chi connectivity index (χ4n) is 2.47. The van der Waals surface area contributed by atoms with Gasteiger partial charge in [-0.05, 0) is 30.7 Å². The number of benzene rings is 1. The molecule has 1 aliphatic rings. The fraction of sp³-hybridized carbons (Fsp3) is 0.500. The number of esters is 1. The van der Waals surface area contributed by atoms with Gasteiger partial charge < -0.3 is 10.1 Å². The van der Waals surface area contributed by atoms with Gasteiger partial charge in [0.15, 0.2) is 0 Å². The molecule has 1 aliphatic heterocycles. The second-order valence-corrected chi connectivity index (χ2v) is 5.11. The highest BCUT2D eigenvalue weighted by atomic mass is 16.5. The van der Waals surface area contributed by atoms with E-state index in [9.17, 15) is 9.59 Å². The third kappa shape index (κ3) is 4.04. The van der Waals surface area contributed by atoms with Crippen molar-refractivity contribution in [1.29, 1.82) is 0 Å². The Morgan fingerprint density at radius 2 is 2.05 bits per heavy atom. The number of aryl methyl sites for hydroxylation is 1. The van der Waals surface area contributed by atoms with Gasteiger partial charge >= 0.3 is 5.97 Å². The first-order chi connectivity index (χ1) is 10.1. The minimum atomic E-state index is -0.473. The summed E-state index contributed by atoms with van der Waals surface area (Å²) in [7, 11) is 0. The van der Waals surface area contributed by atoms with Gasteiger partial charge in [-0.2, -0.15) is 0 Å². The van der Waals surface area contributed by atoms with Crippen LogP contribution in [0.25, 0.3) is 0 Å². The molecule has 114 valence electrons. The third-order valence-corrected chi connectivity index (χ3v) is 3.77. The van der Waals surface area contributed by atoms with E-state index in [0.717, 1.165) is 18.7 Å². The van der Waals surface area contributed by atoms with Crippen LogP contribution in [0.15, 0.2) is 24.3 Å². The number of anilines is 1. The molecule has 1 aromatic rings. The molecule has 1 atom stereocenters. The lowest BCUT2D eigenvalue weighted by molar-refractivity contribution is -0.158. The summed E-state index contributed by atoms with van der Waals surface area (Å²) in [5, 5.41) is 2.83. The van der Waals surface area contributed by atoms with E-state index < -0.39 is 6.04 Å². The molecule has 5 nitrogen and oxygen atoms in total. The van der Waals surface area contributed by atoms with Gasteiger partial charge in [0.25, 0.3) is 0 Å². The number of nitrogens with zero attached hydrogens (tertiary/aromatic N) is 1. The summed E-state index contributed by atoms with van der Waals surface area (Å²) in [5.41, 5.74) is 1.98. The van der Waals surface area contributed by atoms with E-state index in [1.165, 1.54) is 5.56 Å². The van der Waals surface area contributed by atoms with E-state index in [1.807, 2.05) is 36.1 Å². The molecule has 1 fully saturated rings. The highest BCUT2D eigenvalue weighted by molar-refractivity contribution is 5.94. The van der Waals surface area contributed by atoms with Gasteiger partial charge in [-0.15, -0.1) is 0 Å². The van der Waals surface area contributed by atoms with Crippen LogP contribution in [0, 0.1) is 0 Å². The molecule has 1 heterocycles. The Morgan fingerprint density at radius 1 is 1.33 bits per heavy atom. The number of likely N-dealkylation sites (N-methyl/N-ethyl adjacent to an activating group) is 1. The smallest absolute Gasteiger partial charge is 0.323 e. The van der Waals surface area contributed by atoms with Crippen LogP contribution in [0.2, 0.25) is 0 Å². The van der Waals surface area contributed by atoms with Gasteiger partial charge in [0.1, 0.15) is 12.6 Å². The normalized spacial score (nSPS) is 19.1. The van der Waals surface area contributed by atoms with Crippen molar-refractivity contribution in [3.8, 4) is 0 Å². The maximum absolute atomic E-state index is 12.1. The van der Waals surface area contributed by atoms with Crippen LogP contribution in [0.1, 0.15) is 25.8 Å². The molecule has 0 spiro atoms. The monoisotopic (exact) mass is 290 g/mol. The van der Waals surface area contributed by atoms with Gasteiger partial charge in [-0.3, -0.25) is 14.5 Å². The Balaban J connectivity index is 1.94. The molecular weight excluding hydrogens is 268 g/mol. The highest BCUT2D eigenvalue weighted by Crippen LogP contribution is 2.14. The molecule has 0 saturated carbocycles. The Labute approximate surface area is 125 Å². The zero-order valence-electron chi connectivity index (χ0n) is 12.6. The maximum atomic E-state index is 12.1. The van der Waals surface area contributed by atoms with E-state index in [4.69, 9.17) is 4.74 Å². The number of rotatable bonds is 5. The predicted molar refractivity (Wildman–Crippen MR) is 81.1 cm³/mol. The van der Waals surface area contributed by atoms with Crippen LogP contribution in [0.3, 0.4) is 0 Å². The molecule has 0 radical (unpaired) electrons. The molecule has 0 unspecified atom stereocenters. The number of ether oxygens (including phenoxy) is 1. The zero-order chi connectivity index (χ0) is 15.2. The molecule has 5 heteroatoms. The Kier molecular flexibility index (Phi) is 5.33. The van der Waals surface area contributed by atoms with Crippen molar-refractivity contribution in [3.05, 3.63) is 29.8 Å². The summed E-state index contributed by atoms with van der Waals surface area (Å²) in [4.78, 5) is 25.9. The standard InChI is InChI=1S/C16H22N2O3/c1-3-12-5-7-13(8-6-12)17-15(19)11-14-16(20)21-10-9-18(14)4-2/h5-8,14H,3-4,9-11H2,1-2H3,(H,17,19)/t14-/m1/s1. The number of amides is 1. The summed E-state index contributed by atoms with van der Waals surface area (Å²) in [6.07, 6.45) is 1.09. The Bertz CT molecular complexity index is 499. The molecule has 1 amide bonds. The van der Waals surface area contributed by atoms with Crippen LogP contribution in [0.5, 0.6) is 0 Å². The summed E-state index contributed by atoms with van der Waals surface area (Å²) in [6.45, 7) is 5.89. The average molecular weight is 290 g/mol. The van der Waals surface area contributed by atoms with Crippen molar-refractivity contribution in [2.45, 2.75) is 32.7 Å². The lowest BCUT2D eigenvalue weighted by Crippen LogP contribution is -2.50. The number of morpholine rings is 1. The SMILES string of the molecule is CCc1ccc(NC(=O)C[C@@H]2C(=O)OCCN2CC)cc1. The number of hydrogen-bond acceptors (Lipinski definition) is 4. The van der Waals surface area contributed by atoms with Crippen LogP contribution in [-0.2, 0) is 20.7 Å².